The molecule has 0 fully saturated rings. The van der Waals surface area contributed by atoms with Gasteiger partial charge < -0.3 is 4.74 Å². The molecule has 0 N–H and O–H groups in total. The summed E-state index contributed by atoms with van der Waals surface area (Å²) >= 11 is 7.94. The van der Waals surface area contributed by atoms with Gasteiger partial charge in [-0.25, -0.2) is 0 Å². The minimum atomic E-state index is 0.744. The highest BCUT2D eigenvalue weighted by molar-refractivity contribution is 14.1. The van der Waals surface area contributed by atoms with Gasteiger partial charge in [0.05, 0.1) is 9.10 Å². The van der Waals surface area contributed by atoms with Crippen LogP contribution in [-0.4, -0.2) is 13.2 Å². The van der Waals surface area contributed by atoms with Crippen LogP contribution in [0.1, 0.15) is 26.2 Å². The Morgan fingerprint density at radius 1 is 1.33 bits per heavy atom. The zero-order chi connectivity index (χ0) is 9.40. The molecule has 0 rings (SSSR count). The molecule has 0 aliphatic rings. The number of ether oxygens (including phenoxy) is 1. The van der Waals surface area contributed by atoms with Crippen LogP contribution in [0.5, 0.6) is 0 Å². The number of hydrogen-bond acceptors (Lipinski definition) is 1. The Bertz CT molecular complexity index is 144. The summed E-state index contributed by atoms with van der Waals surface area (Å²) in [6, 6.07) is 0. The first-order valence-electron chi connectivity index (χ1n) is 3.95. The predicted molar refractivity (Wildman–Crippen MR) is 74.3 cm³/mol. The zero-order valence-electron chi connectivity index (χ0n) is 7.08. The Morgan fingerprint density at radius 3 is 2.50 bits per heavy atom. The van der Waals surface area contributed by atoms with E-state index in [0.717, 1.165) is 15.7 Å². The number of halogens is 3. The molecular formula is C8H13BrI2O. The van der Waals surface area contributed by atoms with E-state index in [1.165, 1.54) is 22.8 Å². The monoisotopic (exact) mass is 458 g/mol. The Kier molecular flexibility index (Phi) is 10.5. The van der Waals surface area contributed by atoms with Gasteiger partial charge in [-0.1, -0.05) is 19.8 Å². The second-order valence-corrected chi connectivity index (χ2v) is 7.08. The molecule has 0 heterocycles. The molecule has 0 spiro atoms. The number of rotatable bonds is 6. The lowest BCUT2D eigenvalue weighted by atomic mass is 10.3. The fraction of sp³-hybridized carbons (Fsp3) is 0.750. The topological polar surface area (TPSA) is 9.23 Å². The summed E-state index contributed by atoms with van der Waals surface area (Å²) in [4.78, 5) is 0. The third-order valence-corrected chi connectivity index (χ3v) is 5.08. The Morgan fingerprint density at radius 2 is 2.00 bits per heavy atom. The van der Waals surface area contributed by atoms with Crippen LogP contribution in [0.25, 0.3) is 0 Å². The van der Waals surface area contributed by atoms with Gasteiger partial charge >= 0.3 is 0 Å². The summed E-state index contributed by atoms with van der Waals surface area (Å²) in [6.45, 7) is 3.83. The minimum absolute atomic E-state index is 0.744. The molecule has 0 radical (unpaired) electrons. The molecular weight excluding hydrogens is 446 g/mol. The third kappa shape index (κ3) is 8.25. The molecule has 1 nitrogen and oxygen atoms in total. The van der Waals surface area contributed by atoms with E-state index in [4.69, 9.17) is 4.74 Å². The summed E-state index contributed by atoms with van der Waals surface area (Å²) < 4.78 is 7.85. The largest absolute Gasteiger partial charge is 0.376 e. The molecule has 0 unspecified atom stereocenters. The second-order valence-electron chi connectivity index (χ2n) is 2.43. The van der Waals surface area contributed by atoms with Gasteiger partial charge in [-0.3, -0.25) is 0 Å². The van der Waals surface area contributed by atoms with Crippen molar-refractivity contribution in [3.63, 3.8) is 0 Å². The van der Waals surface area contributed by atoms with E-state index in [1.54, 1.807) is 0 Å². The quantitative estimate of drug-likeness (QED) is 0.416. The van der Waals surface area contributed by atoms with Crippen molar-refractivity contribution in [1.82, 2.24) is 0 Å². The Labute approximate surface area is 110 Å². The van der Waals surface area contributed by atoms with Crippen molar-refractivity contribution >= 4 is 61.1 Å². The smallest absolute Gasteiger partial charge is 0.0789 e. The van der Waals surface area contributed by atoms with Gasteiger partial charge in [0.25, 0.3) is 0 Å². The fourth-order valence-corrected chi connectivity index (χ4v) is 1.16. The van der Waals surface area contributed by atoms with Crippen LogP contribution in [0.15, 0.2) is 6.07 Å². The molecule has 0 saturated heterocycles. The molecule has 72 valence electrons. The van der Waals surface area contributed by atoms with Crippen LogP contribution >= 0.6 is 61.1 Å². The molecule has 0 aliphatic carbocycles. The maximum Gasteiger partial charge on any atom is 0.0789 e. The van der Waals surface area contributed by atoms with E-state index in [-0.39, 0.29) is 0 Å². The van der Waals surface area contributed by atoms with Crippen molar-refractivity contribution in [3.05, 3.63) is 6.07 Å². The van der Waals surface area contributed by atoms with E-state index in [1.807, 2.05) is 0 Å². The van der Waals surface area contributed by atoms with Gasteiger partial charge in [0.15, 0.2) is 0 Å². The molecule has 0 bridgehead atoms. The van der Waals surface area contributed by atoms with Crippen molar-refractivity contribution in [1.29, 1.82) is 0 Å². The van der Waals surface area contributed by atoms with Gasteiger partial charge in [0.1, 0.15) is 0 Å². The van der Waals surface area contributed by atoms with Crippen LogP contribution in [-0.2, 0) is 4.74 Å². The van der Waals surface area contributed by atoms with E-state index >= 15 is 0 Å². The van der Waals surface area contributed by atoms with Crippen molar-refractivity contribution in [2.24, 2.45) is 0 Å². The molecule has 0 aliphatic heterocycles. The highest BCUT2D eigenvalue weighted by Crippen LogP contribution is 2.24. The molecule has 0 saturated carbocycles. The number of hydrogen-bond donors (Lipinski definition) is 0. The van der Waals surface area contributed by atoms with Gasteiger partial charge in [0, 0.05) is 10.2 Å². The average Bonchev–Trinajstić information content (AvgIpc) is 2.03. The molecule has 0 aromatic heterocycles. The van der Waals surface area contributed by atoms with Crippen LogP contribution in [0.3, 0.4) is 0 Å². The molecule has 0 aromatic rings. The van der Waals surface area contributed by atoms with Crippen molar-refractivity contribution in [2.75, 3.05) is 13.2 Å². The molecule has 0 aromatic carbocycles. The first kappa shape index (κ1) is 13.6. The third-order valence-electron chi connectivity index (χ3n) is 1.33. The SMILES string of the molecule is CCCCCOCC(I)=C(Br)I. The average molecular weight is 459 g/mol. The Balaban J connectivity index is 3.26. The van der Waals surface area contributed by atoms with Gasteiger partial charge in [-0.2, -0.15) is 0 Å². The van der Waals surface area contributed by atoms with E-state index in [9.17, 15) is 0 Å². The standard InChI is InChI=1S/C8H13BrI2O/c1-2-3-4-5-12-6-7(10)8(9)11/h2-6H2,1H3. The highest BCUT2D eigenvalue weighted by Gasteiger charge is 1.96. The second kappa shape index (κ2) is 9.21. The van der Waals surface area contributed by atoms with Gasteiger partial charge in [-0.15, -0.1) is 0 Å². The van der Waals surface area contributed by atoms with Crippen LogP contribution in [0.4, 0.5) is 0 Å². The molecule has 12 heavy (non-hydrogen) atoms. The van der Waals surface area contributed by atoms with Gasteiger partial charge in [0.2, 0.25) is 0 Å². The van der Waals surface area contributed by atoms with E-state index in [2.05, 4.69) is 68.0 Å². The van der Waals surface area contributed by atoms with E-state index < -0.39 is 0 Å². The normalized spacial score (nSPS) is 13.0. The van der Waals surface area contributed by atoms with Crippen LogP contribution in [0, 0.1) is 0 Å². The summed E-state index contributed by atoms with van der Waals surface area (Å²) in [6.07, 6.45) is 3.71. The van der Waals surface area contributed by atoms with Crippen molar-refractivity contribution in [3.8, 4) is 0 Å². The lowest BCUT2D eigenvalue weighted by Crippen LogP contribution is -1.96. The first-order chi connectivity index (χ1) is 5.68. The zero-order valence-corrected chi connectivity index (χ0v) is 13.0. The first-order valence-corrected chi connectivity index (χ1v) is 6.91. The summed E-state index contributed by atoms with van der Waals surface area (Å²) in [7, 11) is 0. The van der Waals surface area contributed by atoms with Crippen molar-refractivity contribution < 1.29 is 4.74 Å². The highest BCUT2D eigenvalue weighted by atomic mass is 127. The van der Waals surface area contributed by atoms with E-state index in [0.29, 0.717) is 0 Å². The maximum absolute atomic E-state index is 5.46. The molecule has 4 heteroatoms. The number of unbranched alkanes of at least 4 members (excludes halogenated alkanes) is 2. The van der Waals surface area contributed by atoms with Crippen LogP contribution in [0.2, 0.25) is 0 Å². The Hall–Kier alpha value is 1.64. The summed E-state index contributed by atoms with van der Waals surface area (Å²) in [5.41, 5.74) is 0. The van der Waals surface area contributed by atoms with Gasteiger partial charge in [-0.05, 0) is 67.5 Å². The maximum atomic E-state index is 5.46. The summed E-state index contributed by atoms with van der Waals surface area (Å²) in [5.74, 6) is 0. The molecule has 0 amide bonds. The fourth-order valence-electron chi connectivity index (χ4n) is 0.670. The van der Waals surface area contributed by atoms with Crippen LogP contribution < -0.4 is 0 Å². The molecule has 0 atom stereocenters. The van der Waals surface area contributed by atoms with Crippen molar-refractivity contribution in [2.45, 2.75) is 26.2 Å². The predicted octanol–water partition coefficient (Wildman–Crippen LogP) is 4.63. The minimum Gasteiger partial charge on any atom is -0.376 e. The summed E-state index contributed by atoms with van der Waals surface area (Å²) in [5, 5.41) is 0. The lowest BCUT2D eigenvalue weighted by Gasteiger charge is -2.02. The lowest BCUT2D eigenvalue weighted by molar-refractivity contribution is 0.157.